The van der Waals surface area contributed by atoms with Gasteiger partial charge in [-0.3, -0.25) is 4.79 Å². The number of rotatable bonds is 3. The minimum absolute atomic E-state index is 0.0631. The van der Waals surface area contributed by atoms with Gasteiger partial charge in [-0.05, 0) is 24.1 Å². The molecule has 19 heavy (non-hydrogen) atoms. The highest BCUT2D eigenvalue weighted by Crippen LogP contribution is 2.17. The first kappa shape index (κ1) is 13.9. The van der Waals surface area contributed by atoms with Gasteiger partial charge in [0.05, 0.1) is 17.9 Å². The van der Waals surface area contributed by atoms with Crippen molar-refractivity contribution in [2.45, 2.75) is 18.9 Å². The monoisotopic (exact) mass is 282 g/mol. The van der Waals surface area contributed by atoms with E-state index in [0.717, 1.165) is 5.56 Å². The van der Waals surface area contributed by atoms with E-state index < -0.39 is 9.84 Å². The fourth-order valence-corrected chi connectivity index (χ4v) is 3.99. The Hall–Kier alpha value is -1.56. The van der Waals surface area contributed by atoms with Gasteiger partial charge in [-0.15, -0.1) is 0 Å². The third-order valence-corrected chi connectivity index (χ3v) is 5.23. The van der Waals surface area contributed by atoms with Crippen LogP contribution in [0.15, 0.2) is 24.3 Å². The normalized spacial score (nSPS) is 21.2. The van der Waals surface area contributed by atoms with Crippen LogP contribution in [0.25, 0.3) is 0 Å². The van der Waals surface area contributed by atoms with Crippen molar-refractivity contribution in [3.05, 3.63) is 29.8 Å². The molecule has 0 radical (unpaired) electrons. The lowest BCUT2D eigenvalue weighted by Gasteiger charge is -2.23. The molecule has 1 aliphatic heterocycles. The number of nitrogens with two attached hydrogens (primary N) is 1. The number of hydrogen-bond acceptors (Lipinski definition) is 4. The molecule has 1 aromatic carbocycles. The van der Waals surface area contributed by atoms with Gasteiger partial charge < -0.3 is 10.6 Å². The number of nitrogen functional groups attached to an aromatic ring is 1. The Balaban J connectivity index is 1.98. The number of hydrogen-bond donors (Lipinski definition) is 1. The molecule has 0 spiro atoms. The molecular weight excluding hydrogens is 264 g/mol. The highest BCUT2D eigenvalue weighted by atomic mass is 32.2. The molecule has 2 rings (SSSR count). The Bertz CT molecular complexity index is 566. The molecule has 1 saturated heterocycles. The van der Waals surface area contributed by atoms with Gasteiger partial charge in [0, 0.05) is 18.8 Å². The van der Waals surface area contributed by atoms with Crippen molar-refractivity contribution >= 4 is 21.4 Å². The van der Waals surface area contributed by atoms with Crippen LogP contribution in [-0.2, 0) is 21.1 Å². The number of sulfone groups is 1. The zero-order valence-corrected chi connectivity index (χ0v) is 11.7. The molecule has 0 bridgehead atoms. The maximum atomic E-state index is 12.1. The fraction of sp³-hybridized carbons (Fsp3) is 0.462. The highest BCUT2D eigenvalue weighted by Gasteiger charge is 2.32. The lowest BCUT2D eigenvalue weighted by Crippen LogP contribution is -2.38. The number of carbonyl (C=O) groups is 1. The predicted molar refractivity (Wildman–Crippen MR) is 74.4 cm³/mol. The van der Waals surface area contributed by atoms with E-state index in [1.54, 1.807) is 24.1 Å². The van der Waals surface area contributed by atoms with Crippen molar-refractivity contribution < 1.29 is 13.2 Å². The van der Waals surface area contributed by atoms with Crippen LogP contribution in [0.4, 0.5) is 5.69 Å². The Morgan fingerprint density at radius 2 is 2.00 bits per heavy atom. The molecule has 1 aromatic rings. The molecule has 1 atom stereocenters. The Labute approximate surface area is 113 Å². The van der Waals surface area contributed by atoms with Gasteiger partial charge >= 0.3 is 0 Å². The smallest absolute Gasteiger partial charge is 0.227 e. The Morgan fingerprint density at radius 1 is 1.37 bits per heavy atom. The van der Waals surface area contributed by atoms with E-state index in [1.807, 2.05) is 12.1 Å². The molecule has 2 N–H and O–H groups in total. The van der Waals surface area contributed by atoms with E-state index in [2.05, 4.69) is 0 Å². The van der Waals surface area contributed by atoms with Gasteiger partial charge in [0.2, 0.25) is 5.91 Å². The van der Waals surface area contributed by atoms with Crippen LogP contribution in [0.3, 0.4) is 0 Å². The zero-order valence-electron chi connectivity index (χ0n) is 10.9. The summed E-state index contributed by atoms with van der Waals surface area (Å²) in [7, 11) is -1.29. The summed E-state index contributed by atoms with van der Waals surface area (Å²) in [4.78, 5) is 13.7. The summed E-state index contributed by atoms with van der Waals surface area (Å²) in [6.45, 7) is 0. The first-order valence-corrected chi connectivity index (χ1v) is 8.00. The van der Waals surface area contributed by atoms with Gasteiger partial charge in [-0.25, -0.2) is 8.42 Å². The summed E-state index contributed by atoms with van der Waals surface area (Å²) >= 11 is 0. The second-order valence-corrected chi connectivity index (χ2v) is 7.21. The van der Waals surface area contributed by atoms with Gasteiger partial charge in [0.25, 0.3) is 0 Å². The molecule has 1 unspecified atom stereocenters. The molecule has 6 heteroatoms. The van der Waals surface area contributed by atoms with Crippen LogP contribution >= 0.6 is 0 Å². The third kappa shape index (κ3) is 3.47. The SMILES string of the molecule is CN(C(=O)Cc1ccc(N)cc1)C1CCS(=O)(=O)C1. The number of nitrogens with zero attached hydrogens (tertiary/aromatic N) is 1. The molecule has 1 fully saturated rings. The van der Waals surface area contributed by atoms with Crippen LogP contribution in [0, 0.1) is 0 Å². The second-order valence-electron chi connectivity index (χ2n) is 4.98. The molecule has 1 amide bonds. The molecule has 0 aromatic heterocycles. The Kier molecular flexibility index (Phi) is 3.80. The van der Waals surface area contributed by atoms with Gasteiger partial charge in [0.15, 0.2) is 9.84 Å². The van der Waals surface area contributed by atoms with Crippen molar-refractivity contribution in [3.63, 3.8) is 0 Å². The van der Waals surface area contributed by atoms with Gasteiger partial charge in [-0.1, -0.05) is 12.1 Å². The average molecular weight is 282 g/mol. The number of anilines is 1. The first-order chi connectivity index (χ1) is 8.87. The van der Waals surface area contributed by atoms with Crippen LogP contribution < -0.4 is 5.73 Å². The summed E-state index contributed by atoms with van der Waals surface area (Å²) in [5, 5.41) is 0. The molecule has 5 nitrogen and oxygen atoms in total. The van der Waals surface area contributed by atoms with Crippen LogP contribution in [-0.4, -0.2) is 43.8 Å². The fourth-order valence-electron chi connectivity index (χ4n) is 2.22. The summed E-state index contributed by atoms with van der Waals surface area (Å²) in [6, 6.07) is 6.94. The summed E-state index contributed by atoms with van der Waals surface area (Å²) in [5.74, 6) is 0.195. The molecule has 104 valence electrons. The number of likely N-dealkylation sites (N-methyl/N-ethyl adjacent to an activating group) is 1. The van der Waals surface area contributed by atoms with E-state index in [0.29, 0.717) is 12.1 Å². The summed E-state index contributed by atoms with van der Waals surface area (Å²) in [6.07, 6.45) is 0.805. The number of benzene rings is 1. The van der Waals surface area contributed by atoms with E-state index >= 15 is 0 Å². The average Bonchev–Trinajstić information content (AvgIpc) is 2.71. The van der Waals surface area contributed by atoms with Crippen molar-refractivity contribution in [1.82, 2.24) is 4.90 Å². The first-order valence-electron chi connectivity index (χ1n) is 6.18. The van der Waals surface area contributed by atoms with Gasteiger partial charge in [-0.2, -0.15) is 0 Å². The second kappa shape index (κ2) is 5.21. The largest absolute Gasteiger partial charge is 0.399 e. The lowest BCUT2D eigenvalue weighted by molar-refractivity contribution is -0.130. The molecule has 0 saturated carbocycles. The maximum absolute atomic E-state index is 12.1. The minimum atomic E-state index is -2.96. The third-order valence-electron chi connectivity index (χ3n) is 3.48. The quantitative estimate of drug-likeness (QED) is 0.817. The van der Waals surface area contributed by atoms with Crippen molar-refractivity contribution in [3.8, 4) is 0 Å². The van der Waals surface area contributed by atoms with E-state index in [1.165, 1.54) is 0 Å². The van der Waals surface area contributed by atoms with E-state index in [4.69, 9.17) is 5.73 Å². The van der Waals surface area contributed by atoms with Crippen LogP contribution in [0.5, 0.6) is 0 Å². The predicted octanol–water partition coefficient (Wildman–Crippen LogP) is 0.457. The molecule has 1 heterocycles. The van der Waals surface area contributed by atoms with Crippen LogP contribution in [0.1, 0.15) is 12.0 Å². The number of carbonyl (C=O) groups excluding carboxylic acids is 1. The maximum Gasteiger partial charge on any atom is 0.227 e. The number of amides is 1. The highest BCUT2D eigenvalue weighted by molar-refractivity contribution is 7.91. The zero-order chi connectivity index (χ0) is 14.0. The topological polar surface area (TPSA) is 80.5 Å². The summed E-state index contributed by atoms with van der Waals surface area (Å²) in [5.41, 5.74) is 7.12. The van der Waals surface area contributed by atoms with Crippen molar-refractivity contribution in [2.24, 2.45) is 0 Å². The molecule has 1 aliphatic rings. The van der Waals surface area contributed by atoms with Crippen LogP contribution in [0.2, 0.25) is 0 Å². The van der Waals surface area contributed by atoms with E-state index in [9.17, 15) is 13.2 Å². The minimum Gasteiger partial charge on any atom is -0.399 e. The van der Waals surface area contributed by atoms with Gasteiger partial charge in [0.1, 0.15) is 0 Å². The Morgan fingerprint density at radius 3 is 2.53 bits per heavy atom. The lowest BCUT2D eigenvalue weighted by atomic mass is 10.1. The summed E-state index contributed by atoms with van der Waals surface area (Å²) < 4.78 is 22.8. The van der Waals surface area contributed by atoms with Crippen molar-refractivity contribution in [1.29, 1.82) is 0 Å². The van der Waals surface area contributed by atoms with Crippen molar-refractivity contribution in [2.75, 3.05) is 24.3 Å². The molecule has 0 aliphatic carbocycles. The standard InChI is InChI=1S/C13H18N2O3S/c1-15(12-6-7-19(17,18)9-12)13(16)8-10-2-4-11(14)5-3-10/h2-5,12H,6-9,14H2,1H3. The molecular formula is C13H18N2O3S. The van der Waals surface area contributed by atoms with E-state index in [-0.39, 0.29) is 29.9 Å².